The minimum Gasteiger partial charge on any atom is -0.504 e. The number of phenols is 2. The molecule has 4 nitrogen and oxygen atoms in total. The molecular formula is C14H19NO3. The van der Waals surface area contributed by atoms with Crippen molar-refractivity contribution in [3.8, 4) is 11.5 Å². The molecule has 2 aliphatic rings. The van der Waals surface area contributed by atoms with E-state index in [-0.39, 0.29) is 11.5 Å². The van der Waals surface area contributed by atoms with Gasteiger partial charge >= 0.3 is 0 Å². The Hall–Kier alpha value is -1.26. The highest BCUT2D eigenvalue weighted by Gasteiger charge is 2.40. The number of aromatic hydroxyl groups is 2. The van der Waals surface area contributed by atoms with E-state index in [9.17, 15) is 10.2 Å². The lowest BCUT2D eigenvalue weighted by Crippen LogP contribution is -2.37. The van der Waals surface area contributed by atoms with Gasteiger partial charge in [-0.3, -0.25) is 0 Å². The maximum absolute atomic E-state index is 9.44. The Kier molecular flexibility index (Phi) is 3.14. The molecule has 18 heavy (non-hydrogen) atoms. The van der Waals surface area contributed by atoms with Gasteiger partial charge in [-0.2, -0.15) is 0 Å². The summed E-state index contributed by atoms with van der Waals surface area (Å²) in [6.45, 7) is 1.55. The number of hydrogen-bond donors (Lipinski definition) is 3. The second-order valence-electron chi connectivity index (χ2n) is 5.27. The SMILES string of the molecule is Oc1ccc(CNC2CCOC2C2CC2)cc1O. The molecule has 1 aromatic rings. The zero-order chi connectivity index (χ0) is 12.5. The normalized spacial score (nSPS) is 27.6. The molecule has 4 heteroatoms. The van der Waals surface area contributed by atoms with E-state index in [1.54, 1.807) is 6.07 Å². The van der Waals surface area contributed by atoms with E-state index in [4.69, 9.17) is 4.74 Å². The second-order valence-corrected chi connectivity index (χ2v) is 5.27. The summed E-state index contributed by atoms with van der Waals surface area (Å²) < 4.78 is 5.77. The highest BCUT2D eigenvalue weighted by Crippen LogP contribution is 2.38. The fourth-order valence-corrected chi connectivity index (χ4v) is 2.65. The van der Waals surface area contributed by atoms with E-state index in [2.05, 4.69) is 5.32 Å². The number of rotatable bonds is 4. The lowest BCUT2D eigenvalue weighted by atomic mass is 10.1. The van der Waals surface area contributed by atoms with Crippen LogP contribution in [0.15, 0.2) is 18.2 Å². The first-order valence-electron chi connectivity index (χ1n) is 6.60. The van der Waals surface area contributed by atoms with E-state index in [1.807, 2.05) is 6.07 Å². The predicted octanol–water partition coefficient (Wildman–Crippen LogP) is 1.75. The zero-order valence-electron chi connectivity index (χ0n) is 10.3. The van der Waals surface area contributed by atoms with E-state index in [0.717, 1.165) is 24.5 Å². The van der Waals surface area contributed by atoms with Crippen LogP contribution in [0.3, 0.4) is 0 Å². The van der Waals surface area contributed by atoms with Crippen LogP contribution >= 0.6 is 0 Å². The van der Waals surface area contributed by atoms with Crippen LogP contribution in [0.4, 0.5) is 0 Å². The van der Waals surface area contributed by atoms with E-state index in [0.29, 0.717) is 18.7 Å². The zero-order valence-corrected chi connectivity index (χ0v) is 10.3. The smallest absolute Gasteiger partial charge is 0.157 e. The molecular weight excluding hydrogens is 230 g/mol. The Bertz CT molecular complexity index is 431. The first-order valence-corrected chi connectivity index (χ1v) is 6.60. The molecule has 98 valence electrons. The number of nitrogens with one attached hydrogen (secondary N) is 1. The van der Waals surface area contributed by atoms with Gasteiger partial charge in [-0.1, -0.05) is 6.07 Å². The van der Waals surface area contributed by atoms with Crippen molar-refractivity contribution in [1.82, 2.24) is 5.32 Å². The fraction of sp³-hybridized carbons (Fsp3) is 0.571. The van der Waals surface area contributed by atoms with Crippen LogP contribution in [0, 0.1) is 5.92 Å². The van der Waals surface area contributed by atoms with Gasteiger partial charge in [-0.05, 0) is 42.9 Å². The third-order valence-electron chi connectivity index (χ3n) is 3.83. The molecule has 0 radical (unpaired) electrons. The Morgan fingerprint density at radius 3 is 2.72 bits per heavy atom. The summed E-state index contributed by atoms with van der Waals surface area (Å²) in [6.07, 6.45) is 4.02. The highest BCUT2D eigenvalue weighted by molar-refractivity contribution is 5.40. The topological polar surface area (TPSA) is 61.7 Å². The van der Waals surface area contributed by atoms with Crippen LogP contribution in [0.25, 0.3) is 0 Å². The largest absolute Gasteiger partial charge is 0.504 e. The summed E-state index contributed by atoms with van der Waals surface area (Å²) in [5.41, 5.74) is 0.978. The summed E-state index contributed by atoms with van der Waals surface area (Å²) in [6, 6.07) is 5.37. The number of benzene rings is 1. The highest BCUT2D eigenvalue weighted by atomic mass is 16.5. The summed E-state index contributed by atoms with van der Waals surface area (Å²) >= 11 is 0. The van der Waals surface area contributed by atoms with Crippen molar-refractivity contribution in [2.45, 2.75) is 38.0 Å². The minimum absolute atomic E-state index is 0.0595. The molecule has 1 aliphatic heterocycles. The number of hydrogen-bond acceptors (Lipinski definition) is 4. The molecule has 2 unspecified atom stereocenters. The van der Waals surface area contributed by atoms with Crippen LogP contribution in [0.2, 0.25) is 0 Å². The van der Waals surface area contributed by atoms with Crippen LogP contribution in [0.1, 0.15) is 24.8 Å². The Labute approximate surface area is 107 Å². The summed E-state index contributed by atoms with van der Waals surface area (Å²) in [7, 11) is 0. The first-order chi connectivity index (χ1) is 8.74. The van der Waals surface area contributed by atoms with Crippen molar-refractivity contribution in [2.75, 3.05) is 6.61 Å². The molecule has 0 spiro atoms. The summed E-state index contributed by atoms with van der Waals surface area (Å²) in [4.78, 5) is 0. The maximum Gasteiger partial charge on any atom is 0.157 e. The second kappa shape index (κ2) is 4.78. The molecule has 1 aromatic carbocycles. The van der Waals surface area contributed by atoms with Crippen molar-refractivity contribution >= 4 is 0 Å². The lowest BCUT2D eigenvalue weighted by Gasteiger charge is -2.19. The Morgan fingerprint density at radius 1 is 1.17 bits per heavy atom. The van der Waals surface area contributed by atoms with Gasteiger partial charge in [-0.15, -0.1) is 0 Å². The molecule has 3 rings (SSSR count). The minimum atomic E-state index is -0.0705. The summed E-state index contributed by atoms with van der Waals surface area (Å²) in [5.74, 6) is 0.618. The van der Waals surface area contributed by atoms with Gasteiger partial charge in [0.05, 0.1) is 6.10 Å². The Balaban J connectivity index is 1.58. The van der Waals surface area contributed by atoms with E-state index in [1.165, 1.54) is 18.9 Å². The molecule has 1 saturated carbocycles. The summed E-state index contributed by atoms with van der Waals surface area (Å²) in [5, 5.41) is 22.2. The van der Waals surface area contributed by atoms with Crippen molar-refractivity contribution in [2.24, 2.45) is 5.92 Å². The first kappa shape index (κ1) is 11.8. The molecule has 1 aliphatic carbocycles. The van der Waals surface area contributed by atoms with Crippen LogP contribution in [-0.4, -0.2) is 29.0 Å². The van der Waals surface area contributed by atoms with Gasteiger partial charge in [0.15, 0.2) is 11.5 Å². The number of phenolic OH excluding ortho intramolecular Hbond substituents is 2. The van der Waals surface area contributed by atoms with Crippen molar-refractivity contribution in [3.05, 3.63) is 23.8 Å². The van der Waals surface area contributed by atoms with Gasteiger partial charge in [0.1, 0.15) is 0 Å². The molecule has 1 saturated heterocycles. The third kappa shape index (κ3) is 2.44. The van der Waals surface area contributed by atoms with Gasteiger partial charge < -0.3 is 20.3 Å². The average Bonchev–Trinajstić information content (AvgIpc) is 3.10. The van der Waals surface area contributed by atoms with Crippen LogP contribution < -0.4 is 5.32 Å². The quantitative estimate of drug-likeness (QED) is 0.711. The van der Waals surface area contributed by atoms with Gasteiger partial charge in [0, 0.05) is 19.2 Å². The van der Waals surface area contributed by atoms with Gasteiger partial charge in [0.2, 0.25) is 0 Å². The van der Waals surface area contributed by atoms with Gasteiger partial charge in [0.25, 0.3) is 0 Å². The lowest BCUT2D eigenvalue weighted by molar-refractivity contribution is 0.0809. The van der Waals surface area contributed by atoms with Crippen LogP contribution in [0.5, 0.6) is 11.5 Å². The third-order valence-corrected chi connectivity index (χ3v) is 3.83. The molecule has 1 heterocycles. The van der Waals surface area contributed by atoms with Crippen LogP contribution in [-0.2, 0) is 11.3 Å². The van der Waals surface area contributed by atoms with Crippen molar-refractivity contribution in [3.63, 3.8) is 0 Å². The molecule has 2 fully saturated rings. The molecule has 3 N–H and O–H groups in total. The van der Waals surface area contributed by atoms with E-state index >= 15 is 0 Å². The average molecular weight is 249 g/mol. The molecule has 2 atom stereocenters. The van der Waals surface area contributed by atoms with Crippen molar-refractivity contribution in [1.29, 1.82) is 0 Å². The number of ether oxygens (including phenoxy) is 1. The predicted molar refractivity (Wildman–Crippen MR) is 67.5 cm³/mol. The molecule has 0 bridgehead atoms. The standard InChI is InChI=1S/C14H19NO3/c16-12-4-1-9(7-13(12)17)8-15-11-5-6-18-14(11)10-2-3-10/h1,4,7,10-11,14-17H,2-3,5-6,8H2. The van der Waals surface area contributed by atoms with Crippen molar-refractivity contribution < 1.29 is 14.9 Å². The monoisotopic (exact) mass is 249 g/mol. The molecule has 0 amide bonds. The van der Waals surface area contributed by atoms with Gasteiger partial charge in [-0.25, -0.2) is 0 Å². The maximum atomic E-state index is 9.44. The Morgan fingerprint density at radius 2 is 2.00 bits per heavy atom. The van der Waals surface area contributed by atoms with E-state index < -0.39 is 0 Å². The fourth-order valence-electron chi connectivity index (χ4n) is 2.65. The molecule has 0 aromatic heterocycles.